The van der Waals surface area contributed by atoms with Crippen molar-refractivity contribution in [1.82, 2.24) is 29.6 Å². The van der Waals surface area contributed by atoms with E-state index < -0.39 is 0 Å². The topological polar surface area (TPSA) is 75.8 Å². The molecule has 0 bridgehead atoms. The zero-order valence-corrected chi connectivity index (χ0v) is 14.6. The highest BCUT2D eigenvalue weighted by Gasteiger charge is 2.29. The van der Waals surface area contributed by atoms with Crippen molar-refractivity contribution in [3.8, 4) is 11.6 Å². The van der Waals surface area contributed by atoms with Gasteiger partial charge in [-0.05, 0) is 24.6 Å². The largest absolute Gasteiger partial charge is 0.419 e. The third kappa shape index (κ3) is 2.61. The number of aryl methyl sites for hydroxylation is 1. The van der Waals surface area contributed by atoms with Crippen molar-refractivity contribution in [2.45, 2.75) is 18.9 Å². The molecule has 1 unspecified atom stereocenters. The average Bonchev–Trinajstić information content (AvgIpc) is 3.42. The molecule has 1 fully saturated rings. The highest BCUT2D eigenvalue weighted by molar-refractivity contribution is 5.82. The number of nitrogens with zero attached hydrogens (tertiary/aromatic N) is 5. The van der Waals surface area contributed by atoms with Crippen LogP contribution >= 0.6 is 0 Å². The second-order valence-electron chi connectivity index (χ2n) is 6.92. The normalized spacial score (nSPS) is 18.1. The van der Waals surface area contributed by atoms with E-state index in [1.807, 2.05) is 11.6 Å². The van der Waals surface area contributed by atoms with Crippen molar-refractivity contribution in [2.24, 2.45) is 7.05 Å². The fraction of sp³-hybridized carbons (Fsp3) is 0.316. The fourth-order valence-electron chi connectivity index (χ4n) is 3.75. The van der Waals surface area contributed by atoms with Crippen molar-refractivity contribution < 1.29 is 4.42 Å². The maximum atomic E-state index is 5.93. The van der Waals surface area contributed by atoms with Gasteiger partial charge in [-0.2, -0.15) is 0 Å². The van der Waals surface area contributed by atoms with Crippen LogP contribution in [0.4, 0.5) is 0 Å². The van der Waals surface area contributed by atoms with Crippen LogP contribution in [0.25, 0.3) is 22.5 Å². The molecule has 7 nitrogen and oxygen atoms in total. The van der Waals surface area contributed by atoms with Crippen molar-refractivity contribution in [1.29, 1.82) is 0 Å². The van der Waals surface area contributed by atoms with Crippen LogP contribution in [0.3, 0.4) is 0 Å². The number of H-pyrrole nitrogens is 1. The van der Waals surface area contributed by atoms with Gasteiger partial charge < -0.3 is 14.0 Å². The van der Waals surface area contributed by atoms with Crippen LogP contribution in [0.5, 0.6) is 0 Å². The lowest BCUT2D eigenvalue weighted by Gasteiger charge is -2.14. The minimum atomic E-state index is 0.287. The van der Waals surface area contributed by atoms with Crippen LogP contribution in [0.1, 0.15) is 23.8 Å². The van der Waals surface area contributed by atoms with Crippen molar-refractivity contribution in [3.05, 3.63) is 54.4 Å². The monoisotopic (exact) mass is 348 g/mol. The molecule has 1 atom stereocenters. The Hall–Kier alpha value is -2.93. The molecular formula is C19H20N6O. The molecule has 1 aromatic carbocycles. The molecule has 0 radical (unpaired) electrons. The molecule has 1 saturated heterocycles. The summed E-state index contributed by atoms with van der Waals surface area (Å²) in [6.07, 6.45) is 6.63. The molecule has 0 aliphatic carbocycles. The fourth-order valence-corrected chi connectivity index (χ4v) is 3.75. The van der Waals surface area contributed by atoms with Gasteiger partial charge in [0.2, 0.25) is 5.89 Å². The molecule has 0 amide bonds. The molecule has 3 aromatic heterocycles. The first-order chi connectivity index (χ1) is 12.8. The Bertz CT molecular complexity index is 1050. The molecule has 26 heavy (non-hydrogen) atoms. The molecule has 1 aliphatic heterocycles. The Morgan fingerprint density at radius 2 is 2.19 bits per heavy atom. The molecule has 7 heteroatoms. The highest BCUT2D eigenvalue weighted by atomic mass is 16.4. The summed E-state index contributed by atoms with van der Waals surface area (Å²) in [4.78, 5) is 9.91. The van der Waals surface area contributed by atoms with Crippen LogP contribution in [0.15, 0.2) is 47.4 Å². The maximum absolute atomic E-state index is 5.93. The van der Waals surface area contributed by atoms with Gasteiger partial charge in [0.05, 0.1) is 18.4 Å². The van der Waals surface area contributed by atoms with E-state index in [0.29, 0.717) is 5.89 Å². The summed E-state index contributed by atoms with van der Waals surface area (Å²) in [6.45, 7) is 2.91. The Kier molecular flexibility index (Phi) is 3.60. The number of likely N-dealkylation sites (tertiary alicyclic amines) is 1. The number of imidazole rings is 1. The zero-order valence-electron chi connectivity index (χ0n) is 14.6. The Balaban J connectivity index is 1.30. The molecule has 5 rings (SSSR count). The minimum absolute atomic E-state index is 0.287. The lowest BCUT2D eigenvalue weighted by atomic mass is 10.1. The van der Waals surface area contributed by atoms with Gasteiger partial charge in [-0.1, -0.05) is 18.2 Å². The van der Waals surface area contributed by atoms with Crippen molar-refractivity contribution in [3.63, 3.8) is 0 Å². The molecular weight excluding hydrogens is 328 g/mol. The van der Waals surface area contributed by atoms with E-state index in [4.69, 9.17) is 4.42 Å². The summed E-state index contributed by atoms with van der Waals surface area (Å²) in [5, 5.41) is 9.79. The van der Waals surface area contributed by atoms with E-state index >= 15 is 0 Å². The summed E-state index contributed by atoms with van der Waals surface area (Å²) >= 11 is 0. The predicted molar refractivity (Wildman–Crippen MR) is 97.4 cm³/mol. The van der Waals surface area contributed by atoms with Gasteiger partial charge in [0.25, 0.3) is 5.89 Å². The van der Waals surface area contributed by atoms with Gasteiger partial charge in [0.15, 0.2) is 0 Å². The summed E-state index contributed by atoms with van der Waals surface area (Å²) in [6, 6.07) is 8.44. The van der Waals surface area contributed by atoms with E-state index in [0.717, 1.165) is 37.6 Å². The maximum Gasteiger partial charge on any atom is 0.265 e. The smallest absolute Gasteiger partial charge is 0.265 e. The van der Waals surface area contributed by atoms with E-state index in [9.17, 15) is 0 Å². The number of nitrogens with one attached hydrogen (secondary N) is 1. The lowest BCUT2D eigenvalue weighted by Crippen LogP contribution is -2.19. The van der Waals surface area contributed by atoms with E-state index in [2.05, 4.69) is 55.5 Å². The number of aromatic nitrogens is 5. The molecule has 4 heterocycles. The predicted octanol–water partition coefficient (Wildman–Crippen LogP) is 2.94. The quantitative estimate of drug-likeness (QED) is 0.614. The number of hydrogen-bond donors (Lipinski definition) is 1. The van der Waals surface area contributed by atoms with Crippen LogP contribution in [-0.4, -0.2) is 42.7 Å². The first-order valence-electron chi connectivity index (χ1n) is 8.85. The number of fused-ring (bicyclic) bond motifs is 1. The standard InChI is InChI=1S/C19H20N6O/c1-24-12-20-9-17(24)19-23-22-18(26-19)13-6-7-25(10-13)11-14-8-21-16-5-3-2-4-15(14)16/h2-5,8-9,12-13,21H,6-7,10-11H2,1H3. The van der Waals surface area contributed by atoms with Crippen LogP contribution in [-0.2, 0) is 13.6 Å². The summed E-state index contributed by atoms with van der Waals surface area (Å²) in [7, 11) is 1.92. The second kappa shape index (κ2) is 6.10. The van der Waals surface area contributed by atoms with Crippen LogP contribution in [0.2, 0.25) is 0 Å². The average molecular weight is 348 g/mol. The second-order valence-corrected chi connectivity index (χ2v) is 6.92. The Labute approximate surface area is 150 Å². The van der Waals surface area contributed by atoms with Gasteiger partial charge in [-0.25, -0.2) is 4.98 Å². The van der Waals surface area contributed by atoms with Crippen molar-refractivity contribution in [2.75, 3.05) is 13.1 Å². The molecule has 0 spiro atoms. The Morgan fingerprint density at radius 1 is 1.27 bits per heavy atom. The lowest BCUT2D eigenvalue weighted by molar-refractivity contribution is 0.321. The molecule has 132 valence electrons. The number of rotatable bonds is 4. The molecule has 4 aromatic rings. The van der Waals surface area contributed by atoms with E-state index in [1.165, 1.54) is 16.5 Å². The molecule has 1 aliphatic rings. The minimum Gasteiger partial charge on any atom is -0.419 e. The third-order valence-corrected chi connectivity index (χ3v) is 5.17. The van der Waals surface area contributed by atoms with E-state index in [1.54, 1.807) is 12.5 Å². The van der Waals surface area contributed by atoms with Gasteiger partial charge in [0, 0.05) is 37.2 Å². The van der Waals surface area contributed by atoms with Crippen molar-refractivity contribution >= 4 is 10.9 Å². The SMILES string of the molecule is Cn1cncc1-c1nnc(C2CCN(Cc3c[nH]c4ccccc34)C2)o1. The molecule has 1 N–H and O–H groups in total. The zero-order chi connectivity index (χ0) is 17.5. The number of hydrogen-bond acceptors (Lipinski definition) is 5. The summed E-state index contributed by atoms with van der Waals surface area (Å²) in [5.41, 5.74) is 3.37. The summed E-state index contributed by atoms with van der Waals surface area (Å²) in [5.74, 6) is 1.55. The molecule has 0 saturated carbocycles. The van der Waals surface area contributed by atoms with Crippen LogP contribution < -0.4 is 0 Å². The number of aromatic amines is 1. The highest BCUT2D eigenvalue weighted by Crippen LogP contribution is 2.30. The third-order valence-electron chi connectivity index (χ3n) is 5.17. The van der Waals surface area contributed by atoms with Gasteiger partial charge >= 0.3 is 0 Å². The Morgan fingerprint density at radius 3 is 3.08 bits per heavy atom. The van der Waals surface area contributed by atoms with Gasteiger partial charge in [-0.15, -0.1) is 10.2 Å². The first kappa shape index (κ1) is 15.3. The van der Waals surface area contributed by atoms with Gasteiger partial charge in [-0.3, -0.25) is 4.90 Å². The number of para-hydroxylation sites is 1. The summed E-state index contributed by atoms with van der Waals surface area (Å²) < 4.78 is 7.81. The number of benzene rings is 1. The van der Waals surface area contributed by atoms with Gasteiger partial charge in [0.1, 0.15) is 5.69 Å². The van der Waals surface area contributed by atoms with Crippen LogP contribution in [0, 0.1) is 0 Å². The first-order valence-corrected chi connectivity index (χ1v) is 8.85. The van der Waals surface area contributed by atoms with E-state index in [-0.39, 0.29) is 5.92 Å².